The molecule has 5 aromatic rings. The Kier molecular flexibility index (Phi) is 6.90. The van der Waals surface area contributed by atoms with Gasteiger partial charge in [0.05, 0.1) is 16.8 Å². The summed E-state index contributed by atoms with van der Waals surface area (Å²) in [4.78, 5) is 18.1. The van der Waals surface area contributed by atoms with Gasteiger partial charge in [0.1, 0.15) is 0 Å². The Bertz CT molecular complexity index is 1660. The molecule has 0 aliphatic carbocycles. The summed E-state index contributed by atoms with van der Waals surface area (Å²) in [5.41, 5.74) is 2.46. The molecule has 38 heavy (non-hydrogen) atoms. The number of aromatic nitrogens is 4. The molecule has 3 aromatic carbocycles. The third-order valence-corrected chi connectivity index (χ3v) is 6.52. The van der Waals surface area contributed by atoms with Crippen LogP contribution in [-0.2, 0) is 19.3 Å². The van der Waals surface area contributed by atoms with Crippen molar-refractivity contribution in [3.8, 4) is 22.4 Å². The minimum absolute atomic E-state index is 0.129. The fraction of sp³-hybridized carbons (Fsp3) is 0.148. The summed E-state index contributed by atoms with van der Waals surface area (Å²) in [5.74, 6) is 0.201. The highest BCUT2D eigenvalue weighted by molar-refractivity contribution is 6.31. The van der Waals surface area contributed by atoms with Gasteiger partial charge in [0.2, 0.25) is 5.95 Å². The number of fused-ring (bicyclic) bond motifs is 1. The molecular formula is C27H20Cl2F3N5O. The van der Waals surface area contributed by atoms with E-state index in [4.69, 9.17) is 28.2 Å². The second-order valence-corrected chi connectivity index (χ2v) is 9.35. The first-order valence-corrected chi connectivity index (χ1v) is 12.4. The van der Waals surface area contributed by atoms with E-state index >= 15 is 0 Å². The molecule has 2 aromatic heterocycles. The molecule has 11 heteroatoms. The predicted octanol–water partition coefficient (Wildman–Crippen LogP) is 7.18. The van der Waals surface area contributed by atoms with Crippen LogP contribution in [0.3, 0.4) is 0 Å². The van der Waals surface area contributed by atoms with E-state index < -0.39 is 17.4 Å². The molecule has 0 amide bonds. The van der Waals surface area contributed by atoms with Gasteiger partial charge in [-0.15, -0.1) is 5.10 Å². The highest BCUT2D eigenvalue weighted by atomic mass is 35.5. The summed E-state index contributed by atoms with van der Waals surface area (Å²) in [6.45, 7) is 2.26. The van der Waals surface area contributed by atoms with Crippen LogP contribution in [0.2, 0.25) is 10.0 Å². The standard InChI is InChI=1S/C27H20Cl2F3N5O/c1-2-36-26(38)37-24(35-36)22(17-5-11-20(28)12-6-17)23(18-7-13-21(29)14-8-18)34-25(37)33-15-16-3-9-19(10-4-16)27(30,31)32/h3-14H,2,15H2,1H3,(H,33,34). The summed E-state index contributed by atoms with van der Waals surface area (Å²) in [6.07, 6.45) is -4.42. The Balaban J connectivity index is 1.69. The quantitative estimate of drug-likeness (QED) is 0.240. The van der Waals surface area contributed by atoms with E-state index in [2.05, 4.69) is 10.4 Å². The van der Waals surface area contributed by atoms with Crippen LogP contribution < -0.4 is 11.0 Å². The molecule has 0 spiro atoms. The van der Waals surface area contributed by atoms with Crippen molar-refractivity contribution in [2.45, 2.75) is 26.2 Å². The molecule has 0 bridgehead atoms. The highest BCUT2D eigenvalue weighted by Gasteiger charge is 2.30. The number of benzene rings is 3. The second-order valence-electron chi connectivity index (χ2n) is 8.48. The summed E-state index contributed by atoms with van der Waals surface area (Å²) in [6, 6.07) is 19.0. The minimum atomic E-state index is -4.42. The van der Waals surface area contributed by atoms with Crippen molar-refractivity contribution in [3.63, 3.8) is 0 Å². The normalized spacial score (nSPS) is 11.7. The zero-order valence-electron chi connectivity index (χ0n) is 19.9. The molecule has 0 saturated heterocycles. The molecule has 5 rings (SSSR count). The maximum Gasteiger partial charge on any atom is 0.416 e. The topological polar surface area (TPSA) is 64.2 Å². The number of nitrogens with one attached hydrogen (secondary N) is 1. The van der Waals surface area contributed by atoms with Crippen molar-refractivity contribution in [2.24, 2.45) is 0 Å². The Labute approximate surface area is 225 Å². The highest BCUT2D eigenvalue weighted by Crippen LogP contribution is 2.36. The van der Waals surface area contributed by atoms with E-state index in [1.54, 1.807) is 31.2 Å². The molecule has 0 radical (unpaired) electrons. The van der Waals surface area contributed by atoms with Crippen LogP contribution in [0.1, 0.15) is 18.1 Å². The first-order valence-electron chi connectivity index (χ1n) is 11.6. The first-order chi connectivity index (χ1) is 18.2. The van der Waals surface area contributed by atoms with Gasteiger partial charge in [0.15, 0.2) is 5.65 Å². The SMILES string of the molecule is CCn1nc2c(-c3ccc(Cl)cc3)c(-c3ccc(Cl)cc3)nc(NCc3ccc(C(F)(F)F)cc3)n2c1=O. The van der Waals surface area contributed by atoms with E-state index in [-0.39, 0.29) is 12.5 Å². The predicted molar refractivity (Wildman–Crippen MR) is 143 cm³/mol. The van der Waals surface area contributed by atoms with E-state index in [1.165, 1.54) is 21.2 Å². The van der Waals surface area contributed by atoms with Gasteiger partial charge in [-0.2, -0.15) is 13.2 Å². The molecule has 0 atom stereocenters. The van der Waals surface area contributed by atoms with Gasteiger partial charge in [-0.25, -0.2) is 18.9 Å². The van der Waals surface area contributed by atoms with E-state index in [9.17, 15) is 18.0 Å². The maximum absolute atomic E-state index is 13.3. The summed E-state index contributed by atoms with van der Waals surface area (Å²) in [7, 11) is 0. The van der Waals surface area contributed by atoms with Crippen molar-refractivity contribution in [2.75, 3.05) is 5.32 Å². The summed E-state index contributed by atoms with van der Waals surface area (Å²) in [5, 5.41) is 8.81. The van der Waals surface area contributed by atoms with E-state index in [0.29, 0.717) is 39.1 Å². The largest absolute Gasteiger partial charge is 0.416 e. The molecule has 0 aliphatic heterocycles. The number of hydrogen-bond donors (Lipinski definition) is 1. The Morgan fingerprint density at radius 2 is 1.45 bits per heavy atom. The summed E-state index contributed by atoms with van der Waals surface area (Å²) >= 11 is 12.2. The van der Waals surface area contributed by atoms with Crippen LogP contribution >= 0.6 is 23.2 Å². The summed E-state index contributed by atoms with van der Waals surface area (Å²) < 4.78 is 41.6. The Hall–Kier alpha value is -3.82. The number of nitrogens with zero attached hydrogens (tertiary/aromatic N) is 4. The van der Waals surface area contributed by atoms with Gasteiger partial charge in [-0.05, 0) is 54.4 Å². The van der Waals surface area contributed by atoms with Crippen LogP contribution in [0.15, 0.2) is 77.6 Å². The zero-order chi connectivity index (χ0) is 27.0. The number of halogens is 5. The molecule has 194 valence electrons. The Morgan fingerprint density at radius 3 is 2.00 bits per heavy atom. The average molecular weight is 558 g/mol. The number of alkyl halides is 3. The zero-order valence-corrected chi connectivity index (χ0v) is 21.4. The second kappa shape index (κ2) is 10.2. The lowest BCUT2D eigenvalue weighted by atomic mass is 10.00. The molecular weight excluding hydrogens is 538 g/mol. The van der Waals surface area contributed by atoms with E-state index in [0.717, 1.165) is 23.3 Å². The maximum atomic E-state index is 13.3. The molecule has 6 nitrogen and oxygen atoms in total. The van der Waals surface area contributed by atoms with Crippen molar-refractivity contribution in [1.29, 1.82) is 0 Å². The van der Waals surface area contributed by atoms with Crippen LogP contribution in [0.25, 0.3) is 28.0 Å². The van der Waals surface area contributed by atoms with Crippen molar-refractivity contribution in [3.05, 3.63) is 104 Å². The van der Waals surface area contributed by atoms with Crippen molar-refractivity contribution >= 4 is 34.8 Å². The van der Waals surface area contributed by atoms with E-state index in [1.807, 2.05) is 24.3 Å². The lowest BCUT2D eigenvalue weighted by Gasteiger charge is -2.15. The third kappa shape index (κ3) is 4.99. The van der Waals surface area contributed by atoms with Gasteiger partial charge in [0.25, 0.3) is 0 Å². The number of rotatable bonds is 6. The van der Waals surface area contributed by atoms with Gasteiger partial charge < -0.3 is 5.32 Å². The molecule has 1 N–H and O–H groups in total. The van der Waals surface area contributed by atoms with Crippen molar-refractivity contribution in [1.82, 2.24) is 19.2 Å². The number of hydrogen-bond acceptors (Lipinski definition) is 4. The number of anilines is 1. The van der Waals surface area contributed by atoms with Gasteiger partial charge in [0, 0.05) is 28.7 Å². The lowest BCUT2D eigenvalue weighted by molar-refractivity contribution is -0.137. The van der Waals surface area contributed by atoms with Crippen molar-refractivity contribution < 1.29 is 13.2 Å². The van der Waals surface area contributed by atoms with Crippen LogP contribution in [-0.4, -0.2) is 19.2 Å². The molecule has 0 fully saturated rings. The van der Waals surface area contributed by atoms with Gasteiger partial charge >= 0.3 is 11.9 Å². The fourth-order valence-corrected chi connectivity index (χ4v) is 4.35. The van der Waals surface area contributed by atoms with Crippen LogP contribution in [0.4, 0.5) is 19.1 Å². The minimum Gasteiger partial charge on any atom is -0.351 e. The lowest BCUT2D eigenvalue weighted by Crippen LogP contribution is -2.23. The molecule has 0 unspecified atom stereocenters. The third-order valence-electron chi connectivity index (χ3n) is 6.01. The van der Waals surface area contributed by atoms with Gasteiger partial charge in [-0.1, -0.05) is 59.6 Å². The van der Waals surface area contributed by atoms with Gasteiger partial charge in [-0.3, -0.25) is 0 Å². The fourth-order valence-electron chi connectivity index (χ4n) is 4.09. The molecule has 2 heterocycles. The number of aryl methyl sites for hydroxylation is 1. The molecule has 0 saturated carbocycles. The van der Waals surface area contributed by atoms with Crippen LogP contribution in [0.5, 0.6) is 0 Å². The monoisotopic (exact) mass is 557 g/mol. The molecule has 0 aliphatic rings. The first kappa shape index (κ1) is 25.8. The smallest absolute Gasteiger partial charge is 0.351 e. The Morgan fingerprint density at radius 1 is 0.868 bits per heavy atom. The average Bonchev–Trinajstić information content (AvgIpc) is 3.24. The van der Waals surface area contributed by atoms with Crippen LogP contribution in [0, 0.1) is 0 Å².